The maximum atomic E-state index is 11.3. The van der Waals surface area contributed by atoms with Gasteiger partial charge in [0, 0.05) is 28.8 Å². The smallest absolute Gasteiger partial charge is 0.269 e. The molecular weight excluding hydrogens is 454 g/mol. The Kier molecular flexibility index (Phi) is 4.26. The van der Waals surface area contributed by atoms with Crippen LogP contribution in [-0.4, -0.2) is 28.1 Å². The summed E-state index contributed by atoms with van der Waals surface area (Å²) in [6, 6.07) is 32.8. The summed E-state index contributed by atoms with van der Waals surface area (Å²) in [6.45, 7) is 0.192. The summed E-state index contributed by atoms with van der Waals surface area (Å²) in [5.74, 6) is 0.732. The Labute approximate surface area is 206 Å². The Morgan fingerprint density at radius 3 is 2.22 bits per heavy atom. The number of nitro groups is 1. The third-order valence-electron chi connectivity index (χ3n) is 6.93. The van der Waals surface area contributed by atoms with E-state index in [1.165, 1.54) is 12.1 Å². The predicted molar refractivity (Wildman–Crippen MR) is 136 cm³/mol. The normalized spacial score (nSPS) is 19.2. The summed E-state index contributed by atoms with van der Waals surface area (Å²) in [4.78, 5) is 18.9. The van der Waals surface area contributed by atoms with Crippen LogP contribution in [0, 0.1) is 10.1 Å². The van der Waals surface area contributed by atoms with Gasteiger partial charge in [-0.3, -0.25) is 15.0 Å². The maximum absolute atomic E-state index is 11.3. The van der Waals surface area contributed by atoms with Gasteiger partial charge in [-0.1, -0.05) is 84.0 Å². The highest BCUT2D eigenvalue weighted by molar-refractivity contribution is 6.20. The van der Waals surface area contributed by atoms with Crippen molar-refractivity contribution in [3.05, 3.63) is 130 Å². The minimum atomic E-state index is -0.940. The number of nitro benzene ring substituents is 1. The standard InChI is InChI=1S/C28H19N5O3/c34-33(35)21-16-14-20(15-17-21)32-28-25-13-7-6-11-23(25)22-10-4-5-12-24(22)26(28)30-36-18-31(28)27(29-32)19-8-2-1-3-9-19/h1-17H,18H2. The van der Waals surface area contributed by atoms with E-state index >= 15 is 0 Å². The first-order valence-electron chi connectivity index (χ1n) is 11.6. The topological polar surface area (TPSA) is 83.6 Å². The Balaban J connectivity index is 1.54. The fourth-order valence-electron chi connectivity index (χ4n) is 5.42. The summed E-state index contributed by atoms with van der Waals surface area (Å²) in [6.07, 6.45) is 0. The maximum Gasteiger partial charge on any atom is 0.269 e. The summed E-state index contributed by atoms with van der Waals surface area (Å²) < 4.78 is 0. The number of nitrogens with zero attached hydrogens (tertiary/aromatic N) is 5. The van der Waals surface area contributed by atoms with Gasteiger partial charge in [-0.25, -0.2) is 5.01 Å². The molecule has 0 amide bonds. The molecule has 1 atom stereocenters. The fraction of sp³-hybridized carbons (Fsp3) is 0.0714. The Morgan fingerprint density at radius 2 is 1.47 bits per heavy atom. The molecule has 1 unspecified atom stereocenters. The summed E-state index contributed by atoms with van der Waals surface area (Å²) in [5.41, 5.74) is 5.56. The molecule has 8 nitrogen and oxygen atoms in total. The second-order valence-corrected chi connectivity index (χ2v) is 8.76. The van der Waals surface area contributed by atoms with Gasteiger partial charge in [0.1, 0.15) is 5.71 Å². The van der Waals surface area contributed by atoms with E-state index in [-0.39, 0.29) is 12.4 Å². The number of hydrazone groups is 1. The number of anilines is 1. The van der Waals surface area contributed by atoms with Crippen molar-refractivity contribution >= 4 is 22.9 Å². The molecule has 3 aliphatic rings. The number of amidine groups is 1. The van der Waals surface area contributed by atoms with Crippen molar-refractivity contribution in [3.63, 3.8) is 0 Å². The van der Waals surface area contributed by atoms with Gasteiger partial charge in [-0.15, -0.1) is 0 Å². The highest BCUT2D eigenvalue weighted by Crippen LogP contribution is 2.53. The Morgan fingerprint density at radius 1 is 0.806 bits per heavy atom. The molecule has 0 saturated carbocycles. The number of rotatable bonds is 3. The molecule has 2 aliphatic heterocycles. The molecule has 7 rings (SSSR count). The predicted octanol–water partition coefficient (Wildman–Crippen LogP) is 5.30. The zero-order valence-corrected chi connectivity index (χ0v) is 19.0. The van der Waals surface area contributed by atoms with Gasteiger partial charge in [-0.05, 0) is 23.3 Å². The van der Waals surface area contributed by atoms with Crippen LogP contribution in [0.2, 0.25) is 0 Å². The van der Waals surface area contributed by atoms with Crippen LogP contribution in [-0.2, 0) is 10.5 Å². The van der Waals surface area contributed by atoms with Crippen molar-refractivity contribution in [1.82, 2.24) is 4.90 Å². The van der Waals surface area contributed by atoms with E-state index in [1.54, 1.807) is 12.1 Å². The van der Waals surface area contributed by atoms with Crippen LogP contribution in [0.15, 0.2) is 113 Å². The van der Waals surface area contributed by atoms with Crippen molar-refractivity contribution in [2.24, 2.45) is 10.3 Å². The number of hydrogen-bond donors (Lipinski definition) is 0. The summed E-state index contributed by atoms with van der Waals surface area (Å²) in [7, 11) is 0. The quantitative estimate of drug-likeness (QED) is 0.298. The molecule has 0 fully saturated rings. The highest BCUT2D eigenvalue weighted by atomic mass is 16.6. The lowest BCUT2D eigenvalue weighted by Crippen LogP contribution is -2.62. The summed E-state index contributed by atoms with van der Waals surface area (Å²) >= 11 is 0. The molecule has 0 radical (unpaired) electrons. The van der Waals surface area contributed by atoms with Crippen LogP contribution in [0.4, 0.5) is 11.4 Å². The van der Waals surface area contributed by atoms with Crippen molar-refractivity contribution in [1.29, 1.82) is 0 Å². The number of hydrogen-bond acceptors (Lipinski definition) is 7. The van der Waals surface area contributed by atoms with Gasteiger partial charge in [0.25, 0.3) is 5.69 Å². The fourth-order valence-corrected chi connectivity index (χ4v) is 5.42. The average molecular weight is 473 g/mol. The summed E-state index contributed by atoms with van der Waals surface area (Å²) in [5, 5.41) is 23.0. The first kappa shape index (κ1) is 20.4. The van der Waals surface area contributed by atoms with Gasteiger partial charge >= 0.3 is 0 Å². The molecule has 0 bridgehead atoms. The third-order valence-corrected chi connectivity index (χ3v) is 6.93. The SMILES string of the molecule is O=[N+]([O-])c1ccc(N2N=C(c3ccccc3)N3CON=C4c5ccccc5-c5ccccc5C432)cc1. The molecule has 1 aliphatic carbocycles. The average Bonchev–Trinajstić information content (AvgIpc) is 3.29. The van der Waals surface area contributed by atoms with Crippen LogP contribution >= 0.6 is 0 Å². The lowest BCUT2D eigenvalue weighted by Gasteiger charge is -2.49. The monoisotopic (exact) mass is 473 g/mol. The molecule has 36 heavy (non-hydrogen) atoms. The van der Waals surface area contributed by atoms with Gasteiger partial charge in [0.05, 0.1) is 10.6 Å². The van der Waals surface area contributed by atoms with Gasteiger partial charge in [0.2, 0.25) is 5.66 Å². The Hall–Kier alpha value is -4.98. The minimum absolute atomic E-state index is 0.0230. The van der Waals surface area contributed by atoms with E-state index in [0.29, 0.717) is 5.69 Å². The van der Waals surface area contributed by atoms with Gasteiger partial charge < -0.3 is 4.84 Å². The lowest BCUT2D eigenvalue weighted by molar-refractivity contribution is -0.384. The lowest BCUT2D eigenvalue weighted by atomic mass is 9.75. The van der Waals surface area contributed by atoms with Gasteiger partial charge in [-0.2, -0.15) is 5.10 Å². The van der Waals surface area contributed by atoms with Crippen LogP contribution < -0.4 is 5.01 Å². The largest absolute Gasteiger partial charge is 0.373 e. The Bertz CT molecular complexity index is 1580. The van der Waals surface area contributed by atoms with Crippen LogP contribution in [0.3, 0.4) is 0 Å². The van der Waals surface area contributed by atoms with Crippen LogP contribution in [0.1, 0.15) is 16.7 Å². The molecule has 174 valence electrons. The third kappa shape index (κ3) is 2.63. The first-order valence-corrected chi connectivity index (χ1v) is 11.6. The minimum Gasteiger partial charge on any atom is -0.373 e. The zero-order valence-electron chi connectivity index (χ0n) is 19.0. The molecule has 1 spiro atoms. The molecule has 0 N–H and O–H groups in total. The van der Waals surface area contributed by atoms with E-state index in [9.17, 15) is 10.1 Å². The van der Waals surface area contributed by atoms with E-state index in [4.69, 9.17) is 9.94 Å². The van der Waals surface area contributed by atoms with Crippen molar-refractivity contribution < 1.29 is 9.76 Å². The highest BCUT2D eigenvalue weighted by Gasteiger charge is 2.60. The van der Waals surface area contributed by atoms with Crippen molar-refractivity contribution in [2.75, 3.05) is 11.7 Å². The van der Waals surface area contributed by atoms with Gasteiger partial charge in [0.15, 0.2) is 12.6 Å². The van der Waals surface area contributed by atoms with Crippen LogP contribution in [0.5, 0.6) is 0 Å². The van der Waals surface area contributed by atoms with E-state index in [0.717, 1.165) is 39.4 Å². The molecule has 4 aromatic rings. The second kappa shape index (κ2) is 7.51. The molecule has 0 saturated heterocycles. The second-order valence-electron chi connectivity index (χ2n) is 8.76. The zero-order chi connectivity index (χ0) is 24.3. The van der Waals surface area contributed by atoms with E-state index in [1.807, 2.05) is 65.7 Å². The van der Waals surface area contributed by atoms with Crippen molar-refractivity contribution in [2.45, 2.75) is 5.66 Å². The number of benzene rings is 4. The molecule has 8 heteroatoms. The van der Waals surface area contributed by atoms with E-state index < -0.39 is 10.6 Å². The molecule has 0 aromatic heterocycles. The molecule has 4 aromatic carbocycles. The molecular formula is C28H19N5O3. The number of fused-ring (bicyclic) bond motifs is 4. The van der Waals surface area contributed by atoms with E-state index in [2.05, 4.69) is 28.3 Å². The number of non-ortho nitro benzene ring substituents is 1. The van der Waals surface area contributed by atoms with Crippen molar-refractivity contribution in [3.8, 4) is 11.1 Å². The first-order chi connectivity index (χ1) is 17.7. The number of oxime groups is 1. The van der Waals surface area contributed by atoms with Crippen LogP contribution in [0.25, 0.3) is 11.1 Å². The molecule has 2 heterocycles.